The van der Waals surface area contributed by atoms with Crippen molar-refractivity contribution in [1.82, 2.24) is 24.6 Å². The number of carbonyl (C=O) groups excluding carboxylic acids is 1. The van der Waals surface area contributed by atoms with E-state index in [1.165, 1.54) is 4.68 Å². The summed E-state index contributed by atoms with van der Waals surface area (Å²) in [4.78, 5) is 26.3. The van der Waals surface area contributed by atoms with Gasteiger partial charge in [-0.2, -0.15) is 5.10 Å². The highest BCUT2D eigenvalue weighted by molar-refractivity contribution is 5.77. The van der Waals surface area contributed by atoms with Crippen LogP contribution in [0.5, 0.6) is 0 Å². The molecule has 1 saturated heterocycles. The van der Waals surface area contributed by atoms with Gasteiger partial charge in [0.15, 0.2) is 0 Å². The zero-order valence-electron chi connectivity index (χ0n) is 14.5. The molecule has 0 radical (unpaired) electrons. The van der Waals surface area contributed by atoms with Crippen LogP contribution < -0.4 is 11.0 Å². The number of nitrogens with one attached hydrogen (secondary N) is 1. The summed E-state index contributed by atoms with van der Waals surface area (Å²) in [6, 6.07) is 0.353. The number of carbonyl (C=O) groups is 1. The molecule has 1 aliphatic carbocycles. The minimum atomic E-state index is 0.00690. The SMILES string of the molecule is COCCNC(=O)CN1CCC(c2nn(C)c(=O)n2C2CC2)CC1. The molecule has 1 N–H and O–H groups in total. The summed E-state index contributed by atoms with van der Waals surface area (Å²) in [6.07, 6.45) is 4.04. The lowest BCUT2D eigenvalue weighted by molar-refractivity contribution is -0.122. The maximum atomic E-state index is 12.2. The first kappa shape index (κ1) is 17.2. The Hall–Kier alpha value is -1.67. The van der Waals surface area contributed by atoms with Crippen LogP contribution >= 0.6 is 0 Å². The Morgan fingerprint density at radius 3 is 2.62 bits per heavy atom. The molecule has 1 saturated carbocycles. The minimum absolute atomic E-state index is 0.00690. The highest BCUT2D eigenvalue weighted by Crippen LogP contribution is 2.37. The predicted molar refractivity (Wildman–Crippen MR) is 89.0 cm³/mol. The molecular formula is C16H27N5O3. The number of aromatic nitrogens is 3. The third-order valence-corrected chi connectivity index (χ3v) is 4.84. The summed E-state index contributed by atoms with van der Waals surface area (Å²) < 4.78 is 8.29. The normalized spacial score (nSPS) is 19.6. The number of amides is 1. The molecule has 8 heteroatoms. The Labute approximate surface area is 141 Å². The standard InChI is InChI=1S/C16H27N5O3/c1-19-16(23)21(13-3-4-13)15(18-19)12-5-8-20(9-6-12)11-14(22)17-7-10-24-2/h12-13H,3-11H2,1-2H3,(H,17,22). The molecule has 0 spiro atoms. The molecule has 0 aromatic carbocycles. The fourth-order valence-electron chi connectivity index (χ4n) is 3.35. The van der Waals surface area contributed by atoms with E-state index in [9.17, 15) is 9.59 Å². The maximum absolute atomic E-state index is 12.2. The largest absolute Gasteiger partial charge is 0.383 e. The Morgan fingerprint density at radius 2 is 2.00 bits per heavy atom. The summed E-state index contributed by atoms with van der Waals surface area (Å²) in [5, 5.41) is 7.34. The lowest BCUT2D eigenvalue weighted by atomic mass is 9.96. The zero-order valence-corrected chi connectivity index (χ0v) is 14.5. The van der Waals surface area contributed by atoms with Gasteiger partial charge in [-0.15, -0.1) is 0 Å². The fraction of sp³-hybridized carbons (Fsp3) is 0.812. The first-order chi connectivity index (χ1) is 11.6. The van der Waals surface area contributed by atoms with E-state index in [4.69, 9.17) is 4.74 Å². The number of hydrogen-bond acceptors (Lipinski definition) is 5. The second-order valence-electron chi connectivity index (χ2n) is 6.76. The Balaban J connectivity index is 1.53. The molecule has 0 unspecified atom stereocenters. The van der Waals surface area contributed by atoms with Gasteiger partial charge in [0, 0.05) is 32.7 Å². The van der Waals surface area contributed by atoms with Crippen molar-refractivity contribution in [3.05, 3.63) is 16.3 Å². The number of rotatable bonds is 7. The van der Waals surface area contributed by atoms with Gasteiger partial charge in [-0.3, -0.25) is 14.3 Å². The lowest BCUT2D eigenvalue weighted by Crippen LogP contribution is -2.42. The lowest BCUT2D eigenvalue weighted by Gasteiger charge is -2.31. The summed E-state index contributed by atoms with van der Waals surface area (Å²) in [7, 11) is 3.35. The van der Waals surface area contributed by atoms with E-state index in [-0.39, 0.29) is 11.6 Å². The van der Waals surface area contributed by atoms with Crippen LogP contribution in [0.15, 0.2) is 4.79 Å². The van der Waals surface area contributed by atoms with E-state index >= 15 is 0 Å². The number of ether oxygens (including phenoxy) is 1. The molecule has 1 amide bonds. The van der Waals surface area contributed by atoms with Crippen molar-refractivity contribution >= 4 is 5.91 Å². The Bertz CT molecular complexity index is 626. The Morgan fingerprint density at radius 1 is 1.29 bits per heavy atom. The van der Waals surface area contributed by atoms with Crippen molar-refractivity contribution < 1.29 is 9.53 Å². The number of likely N-dealkylation sites (tertiary alicyclic amines) is 1. The highest BCUT2D eigenvalue weighted by atomic mass is 16.5. The summed E-state index contributed by atoms with van der Waals surface area (Å²) >= 11 is 0. The molecule has 0 bridgehead atoms. The molecule has 8 nitrogen and oxygen atoms in total. The molecule has 1 aromatic heterocycles. The van der Waals surface area contributed by atoms with Crippen LogP contribution in [0.25, 0.3) is 0 Å². The van der Waals surface area contributed by atoms with Crippen LogP contribution in [0.4, 0.5) is 0 Å². The maximum Gasteiger partial charge on any atom is 0.345 e. The smallest absolute Gasteiger partial charge is 0.345 e. The van der Waals surface area contributed by atoms with Crippen LogP contribution in [0.1, 0.15) is 43.5 Å². The molecule has 1 aliphatic heterocycles. The molecule has 24 heavy (non-hydrogen) atoms. The van der Waals surface area contributed by atoms with Crippen LogP contribution in [-0.4, -0.2) is 65.1 Å². The molecule has 2 fully saturated rings. The molecule has 3 rings (SSSR count). The average molecular weight is 337 g/mol. The van der Waals surface area contributed by atoms with E-state index in [1.807, 2.05) is 4.57 Å². The molecule has 2 aliphatic rings. The molecule has 2 heterocycles. The highest BCUT2D eigenvalue weighted by Gasteiger charge is 2.33. The van der Waals surface area contributed by atoms with Crippen molar-refractivity contribution in [1.29, 1.82) is 0 Å². The minimum Gasteiger partial charge on any atom is -0.383 e. The monoisotopic (exact) mass is 337 g/mol. The Kier molecular flexibility index (Phi) is 5.35. The summed E-state index contributed by atoms with van der Waals surface area (Å²) in [6.45, 7) is 3.23. The van der Waals surface area contributed by atoms with Crippen LogP contribution in [0, 0.1) is 0 Å². The fourth-order valence-corrected chi connectivity index (χ4v) is 3.35. The molecule has 0 atom stereocenters. The van der Waals surface area contributed by atoms with Gasteiger partial charge in [0.25, 0.3) is 0 Å². The molecule has 134 valence electrons. The van der Waals surface area contributed by atoms with Gasteiger partial charge in [-0.25, -0.2) is 9.48 Å². The number of aryl methyl sites for hydroxylation is 1. The zero-order chi connectivity index (χ0) is 17.1. The summed E-state index contributed by atoms with van der Waals surface area (Å²) in [5.74, 6) is 1.29. The van der Waals surface area contributed by atoms with Crippen molar-refractivity contribution in [2.75, 3.05) is 39.9 Å². The quantitative estimate of drug-likeness (QED) is 0.701. The van der Waals surface area contributed by atoms with Crippen LogP contribution in [0.2, 0.25) is 0 Å². The van der Waals surface area contributed by atoms with Gasteiger partial charge in [-0.1, -0.05) is 0 Å². The first-order valence-corrected chi connectivity index (χ1v) is 8.73. The van der Waals surface area contributed by atoms with Crippen LogP contribution in [-0.2, 0) is 16.6 Å². The summed E-state index contributed by atoms with van der Waals surface area (Å²) in [5.41, 5.74) is 0.00690. The van der Waals surface area contributed by atoms with Crippen molar-refractivity contribution in [2.24, 2.45) is 7.05 Å². The van der Waals surface area contributed by atoms with E-state index < -0.39 is 0 Å². The molecular weight excluding hydrogens is 310 g/mol. The second-order valence-corrected chi connectivity index (χ2v) is 6.76. The number of methoxy groups -OCH3 is 1. The first-order valence-electron chi connectivity index (χ1n) is 8.73. The van der Waals surface area contributed by atoms with Crippen molar-refractivity contribution in [3.63, 3.8) is 0 Å². The van der Waals surface area contributed by atoms with Crippen molar-refractivity contribution in [3.8, 4) is 0 Å². The van der Waals surface area contributed by atoms with Gasteiger partial charge in [0.1, 0.15) is 5.82 Å². The third kappa shape index (κ3) is 3.87. The van der Waals surface area contributed by atoms with E-state index in [1.54, 1.807) is 14.2 Å². The van der Waals surface area contributed by atoms with Crippen LogP contribution in [0.3, 0.4) is 0 Å². The number of hydrogen-bond donors (Lipinski definition) is 1. The van der Waals surface area contributed by atoms with E-state index in [2.05, 4.69) is 15.3 Å². The van der Waals surface area contributed by atoms with Gasteiger partial charge >= 0.3 is 5.69 Å². The van der Waals surface area contributed by atoms with Gasteiger partial charge in [0.05, 0.1) is 13.2 Å². The topological polar surface area (TPSA) is 81.4 Å². The van der Waals surface area contributed by atoms with Gasteiger partial charge in [-0.05, 0) is 38.8 Å². The second kappa shape index (κ2) is 7.48. The number of piperidine rings is 1. The van der Waals surface area contributed by atoms with Crippen molar-refractivity contribution in [2.45, 2.75) is 37.6 Å². The number of nitrogens with zero attached hydrogens (tertiary/aromatic N) is 4. The third-order valence-electron chi connectivity index (χ3n) is 4.84. The van der Waals surface area contributed by atoms with Gasteiger partial charge in [0.2, 0.25) is 5.91 Å². The molecule has 1 aromatic rings. The van der Waals surface area contributed by atoms with Gasteiger partial charge < -0.3 is 10.1 Å². The average Bonchev–Trinajstić information content (AvgIpc) is 3.35. The predicted octanol–water partition coefficient (Wildman–Crippen LogP) is -0.141. The van der Waals surface area contributed by atoms with E-state index in [0.29, 0.717) is 31.7 Å². The van der Waals surface area contributed by atoms with E-state index in [0.717, 1.165) is 44.6 Å².